The van der Waals surface area contributed by atoms with E-state index in [2.05, 4.69) is 293 Å². The van der Waals surface area contributed by atoms with E-state index in [9.17, 15) is 0 Å². The van der Waals surface area contributed by atoms with Crippen LogP contribution in [0.1, 0.15) is 57.2 Å². The third kappa shape index (κ3) is 9.69. The lowest BCUT2D eigenvalue weighted by Crippen LogP contribution is -2.08. The fraction of sp³-hybridized carbons (Fsp3) is 0.114. The van der Waals surface area contributed by atoms with Crippen molar-refractivity contribution in [1.82, 2.24) is 4.57 Å². The second kappa shape index (κ2) is 21.7. The summed E-state index contributed by atoms with van der Waals surface area (Å²) in [5.74, 6) is 0. The molecule has 0 saturated heterocycles. The molecule has 1 heterocycles. The van der Waals surface area contributed by atoms with Crippen molar-refractivity contribution in [3.8, 4) is 44.5 Å². The molecule has 9 aromatic carbocycles. The van der Waals surface area contributed by atoms with Crippen molar-refractivity contribution in [3.05, 3.63) is 266 Å². The highest BCUT2D eigenvalue weighted by Crippen LogP contribution is 2.40. The molecule has 0 fully saturated rings. The molecule has 10 aromatic rings. The maximum atomic E-state index is 2.46. The van der Waals surface area contributed by atoms with Gasteiger partial charge >= 0.3 is 0 Å². The van der Waals surface area contributed by atoms with Crippen molar-refractivity contribution in [3.63, 3.8) is 0 Å². The summed E-state index contributed by atoms with van der Waals surface area (Å²) in [5, 5.41) is 5.12. The predicted octanol–water partition coefficient (Wildman–Crippen LogP) is 20.0. The van der Waals surface area contributed by atoms with Gasteiger partial charge in [0.05, 0.1) is 11.0 Å². The third-order valence-electron chi connectivity index (χ3n) is 14.0. The van der Waals surface area contributed by atoms with Crippen LogP contribution in [0.2, 0.25) is 0 Å². The average molecular weight is 931 g/mol. The van der Waals surface area contributed by atoms with E-state index in [1.54, 1.807) is 0 Å². The summed E-state index contributed by atoms with van der Waals surface area (Å²) in [6.45, 7) is 11.1. The van der Waals surface area contributed by atoms with Crippen LogP contribution in [-0.4, -0.2) is 4.57 Å². The Morgan fingerprint density at radius 1 is 0.528 bits per heavy atom. The van der Waals surface area contributed by atoms with E-state index >= 15 is 0 Å². The SMILES string of the molecule is C\C=C(/C=C\C=C\N(c1ccc(-c2ccc(-c3cccc4ccccc34)cc2)cc1)c1ccc(-c2ccccc2-c2ccccc2)cc1)c1cccc2c1c1cc(CCC)c(C)cc1n2/C(C)=C/C=C\CC. The van der Waals surface area contributed by atoms with Gasteiger partial charge in [-0.3, -0.25) is 0 Å². The molecule has 352 valence electrons. The number of anilines is 2. The first-order valence-electron chi connectivity index (χ1n) is 25.6. The summed E-state index contributed by atoms with van der Waals surface area (Å²) in [7, 11) is 0. The number of rotatable bonds is 15. The van der Waals surface area contributed by atoms with Crippen molar-refractivity contribution in [2.45, 2.75) is 53.9 Å². The van der Waals surface area contributed by atoms with Gasteiger partial charge in [0.25, 0.3) is 0 Å². The Morgan fingerprint density at radius 3 is 1.81 bits per heavy atom. The summed E-state index contributed by atoms with van der Waals surface area (Å²) in [6, 6.07) is 73.0. The van der Waals surface area contributed by atoms with E-state index in [-0.39, 0.29) is 0 Å². The Hall–Kier alpha value is -8.46. The Balaban J connectivity index is 0.996. The van der Waals surface area contributed by atoms with Crippen molar-refractivity contribution in [2.75, 3.05) is 4.90 Å². The van der Waals surface area contributed by atoms with E-state index in [1.807, 2.05) is 0 Å². The van der Waals surface area contributed by atoms with Gasteiger partial charge in [-0.15, -0.1) is 0 Å². The minimum absolute atomic E-state index is 1.01. The number of aryl methyl sites for hydroxylation is 2. The molecule has 10 rings (SSSR count). The van der Waals surface area contributed by atoms with Crippen LogP contribution >= 0.6 is 0 Å². The third-order valence-corrected chi connectivity index (χ3v) is 14.0. The molecule has 0 radical (unpaired) electrons. The molecule has 0 unspecified atom stereocenters. The fourth-order valence-corrected chi connectivity index (χ4v) is 10.3. The normalized spacial score (nSPS) is 12.4. The first-order valence-corrected chi connectivity index (χ1v) is 25.6. The lowest BCUT2D eigenvalue weighted by molar-refractivity contribution is 0.914. The Morgan fingerprint density at radius 2 is 1.11 bits per heavy atom. The molecule has 0 amide bonds. The summed E-state index contributed by atoms with van der Waals surface area (Å²) < 4.78 is 2.45. The molecule has 1 aromatic heterocycles. The molecule has 0 atom stereocenters. The number of aromatic nitrogens is 1. The van der Waals surface area contributed by atoms with Gasteiger partial charge in [-0.05, 0) is 166 Å². The van der Waals surface area contributed by atoms with E-state index in [4.69, 9.17) is 0 Å². The maximum absolute atomic E-state index is 2.46. The van der Waals surface area contributed by atoms with Crippen molar-refractivity contribution in [1.29, 1.82) is 0 Å². The molecule has 0 aliphatic carbocycles. The second-order valence-electron chi connectivity index (χ2n) is 18.6. The van der Waals surface area contributed by atoms with Crippen LogP contribution < -0.4 is 4.90 Å². The van der Waals surface area contributed by atoms with E-state index in [0.717, 1.165) is 30.6 Å². The van der Waals surface area contributed by atoms with E-state index in [0.29, 0.717) is 0 Å². The Bertz CT molecular complexity index is 3660. The zero-order chi connectivity index (χ0) is 49.4. The molecular weight excluding hydrogens is 869 g/mol. The number of hydrogen-bond donors (Lipinski definition) is 0. The van der Waals surface area contributed by atoms with Crippen LogP contribution in [0.4, 0.5) is 11.4 Å². The highest BCUT2D eigenvalue weighted by Gasteiger charge is 2.18. The van der Waals surface area contributed by atoms with Gasteiger partial charge in [0.15, 0.2) is 0 Å². The molecule has 0 bridgehead atoms. The minimum Gasteiger partial charge on any atom is -0.317 e. The average Bonchev–Trinajstić information content (AvgIpc) is 3.75. The van der Waals surface area contributed by atoms with Gasteiger partial charge in [-0.1, -0.05) is 208 Å². The summed E-state index contributed by atoms with van der Waals surface area (Å²) >= 11 is 0. The highest BCUT2D eigenvalue weighted by molar-refractivity contribution is 6.15. The molecule has 0 aliphatic heterocycles. The summed E-state index contributed by atoms with van der Waals surface area (Å²) in [5.41, 5.74) is 20.7. The Kier molecular flexibility index (Phi) is 14.2. The van der Waals surface area contributed by atoms with Crippen LogP contribution in [0, 0.1) is 6.92 Å². The van der Waals surface area contributed by atoms with Gasteiger partial charge in [0.1, 0.15) is 0 Å². The smallest absolute Gasteiger partial charge is 0.0543 e. The number of fused-ring (bicyclic) bond motifs is 4. The fourth-order valence-electron chi connectivity index (χ4n) is 10.3. The van der Waals surface area contributed by atoms with Crippen LogP contribution in [0.3, 0.4) is 0 Å². The Labute approximate surface area is 426 Å². The van der Waals surface area contributed by atoms with Crippen LogP contribution in [0.5, 0.6) is 0 Å². The van der Waals surface area contributed by atoms with E-state index in [1.165, 1.54) is 105 Å². The van der Waals surface area contributed by atoms with Gasteiger partial charge in [-0.2, -0.15) is 0 Å². The first-order chi connectivity index (χ1) is 35.4. The van der Waals surface area contributed by atoms with E-state index < -0.39 is 0 Å². The lowest BCUT2D eigenvalue weighted by atomic mass is 9.94. The molecular formula is C70H62N2. The monoisotopic (exact) mass is 930 g/mol. The lowest BCUT2D eigenvalue weighted by Gasteiger charge is -2.22. The highest BCUT2D eigenvalue weighted by atomic mass is 15.1. The maximum Gasteiger partial charge on any atom is 0.0543 e. The number of allylic oxidation sites excluding steroid dienone is 9. The van der Waals surface area contributed by atoms with Crippen molar-refractivity contribution in [2.24, 2.45) is 0 Å². The summed E-state index contributed by atoms with van der Waals surface area (Å²) in [6.07, 6.45) is 20.9. The first kappa shape index (κ1) is 47.2. The number of hydrogen-bond acceptors (Lipinski definition) is 1. The largest absolute Gasteiger partial charge is 0.317 e. The molecule has 0 spiro atoms. The molecule has 2 heteroatoms. The van der Waals surface area contributed by atoms with Crippen LogP contribution in [0.15, 0.2) is 249 Å². The topological polar surface area (TPSA) is 8.17 Å². The molecule has 2 nitrogen and oxygen atoms in total. The van der Waals surface area contributed by atoms with Gasteiger partial charge < -0.3 is 9.47 Å². The second-order valence-corrected chi connectivity index (χ2v) is 18.6. The molecule has 0 aliphatic rings. The number of nitrogens with zero attached hydrogens (tertiary/aromatic N) is 2. The minimum atomic E-state index is 1.01. The zero-order valence-corrected chi connectivity index (χ0v) is 42.2. The molecule has 72 heavy (non-hydrogen) atoms. The van der Waals surface area contributed by atoms with Crippen LogP contribution in [-0.2, 0) is 6.42 Å². The standard InChI is InChI=1S/C70H62N2/c1-6-9-11-23-51(5)72-68-34-21-33-66(70(68)67-49-59(22-7-2)50(4)48-69(67)72)52(8-3)24-18-19-47-71(61-45-41-58(42-46-61)64-31-17-16-30-62(64)55-25-12-10-13-26-55)60-43-39-54(40-44-60)53-35-37-57(38-36-53)65-32-20-28-56-27-14-15-29-63(56)65/h8-21,23-49H,6-7,22H2,1-5H3/b11-9-,24-18-,47-19+,51-23+,52-8+. The van der Waals surface area contributed by atoms with Crippen LogP contribution in [0.25, 0.3) is 88.4 Å². The van der Waals surface area contributed by atoms with Gasteiger partial charge in [-0.25, -0.2) is 0 Å². The number of benzene rings is 9. The van der Waals surface area contributed by atoms with Gasteiger partial charge in [0.2, 0.25) is 0 Å². The van der Waals surface area contributed by atoms with Crippen molar-refractivity contribution < 1.29 is 0 Å². The predicted molar refractivity (Wildman–Crippen MR) is 314 cm³/mol. The molecule has 0 saturated carbocycles. The van der Waals surface area contributed by atoms with Crippen molar-refractivity contribution >= 4 is 55.2 Å². The van der Waals surface area contributed by atoms with Gasteiger partial charge in [0, 0.05) is 34.0 Å². The summed E-state index contributed by atoms with van der Waals surface area (Å²) in [4.78, 5) is 2.29. The zero-order valence-electron chi connectivity index (χ0n) is 42.2. The molecule has 0 N–H and O–H groups in total. The quantitative estimate of drug-likeness (QED) is 0.0930.